The SMILES string of the molecule is Cc1cccc(CN(C(=O)CCCN(c2cc(C)cc(C)c2)S(C)(=O)=O)[C@@H](Cc2ccccc2)C(=O)NC(C)(C)C)c1. The first kappa shape index (κ1) is 32.9. The fourth-order valence-corrected chi connectivity index (χ4v) is 6.06. The van der Waals surface area contributed by atoms with Crippen molar-refractivity contribution in [3.63, 3.8) is 0 Å². The van der Waals surface area contributed by atoms with Gasteiger partial charge in [-0.2, -0.15) is 0 Å². The second-order valence-corrected chi connectivity index (χ2v) is 14.1. The minimum atomic E-state index is -3.57. The number of nitrogens with one attached hydrogen (secondary N) is 1. The summed E-state index contributed by atoms with van der Waals surface area (Å²) < 4.78 is 26.9. The summed E-state index contributed by atoms with van der Waals surface area (Å²) in [5.74, 6) is -0.421. The first-order valence-corrected chi connectivity index (χ1v) is 16.2. The van der Waals surface area contributed by atoms with E-state index in [0.717, 1.165) is 27.8 Å². The Balaban J connectivity index is 1.92. The standard InChI is InChI=1S/C34H45N3O4S/c1-25-13-11-16-29(20-25)24-36(31(33(39)35-34(4,5)6)23-28-14-9-8-10-15-28)32(38)17-12-18-37(42(7,40)41)30-21-26(2)19-27(3)22-30/h8-11,13-16,19-22,31H,12,17-18,23-24H2,1-7H3,(H,35,39)/t31-/m0/s1. The van der Waals surface area contributed by atoms with Gasteiger partial charge in [0.2, 0.25) is 21.8 Å². The number of aryl methyl sites for hydroxylation is 3. The van der Waals surface area contributed by atoms with Gasteiger partial charge < -0.3 is 10.2 Å². The largest absolute Gasteiger partial charge is 0.350 e. The van der Waals surface area contributed by atoms with Crippen LogP contribution in [-0.2, 0) is 32.6 Å². The van der Waals surface area contributed by atoms with Gasteiger partial charge in [-0.05, 0) is 82.3 Å². The molecule has 0 radical (unpaired) electrons. The number of amides is 2. The van der Waals surface area contributed by atoms with E-state index in [1.807, 2.05) is 114 Å². The molecule has 42 heavy (non-hydrogen) atoms. The molecular formula is C34H45N3O4S. The fourth-order valence-electron chi connectivity index (χ4n) is 5.11. The summed E-state index contributed by atoms with van der Waals surface area (Å²) in [6.45, 7) is 12.0. The Hall–Kier alpha value is -3.65. The average Bonchev–Trinajstić information content (AvgIpc) is 2.86. The molecule has 0 aliphatic rings. The van der Waals surface area contributed by atoms with Crippen molar-refractivity contribution in [3.05, 3.63) is 101 Å². The Morgan fingerprint density at radius 3 is 2.02 bits per heavy atom. The molecule has 1 N–H and O–H groups in total. The second kappa shape index (κ2) is 14.0. The van der Waals surface area contributed by atoms with E-state index in [-0.39, 0.29) is 31.3 Å². The number of carbonyl (C=O) groups is 2. The van der Waals surface area contributed by atoms with Gasteiger partial charge in [0, 0.05) is 31.5 Å². The first-order valence-electron chi connectivity index (χ1n) is 14.4. The fraction of sp³-hybridized carbons (Fsp3) is 0.412. The Labute approximate surface area is 252 Å². The highest BCUT2D eigenvalue weighted by atomic mass is 32.2. The lowest BCUT2D eigenvalue weighted by atomic mass is 10.00. The van der Waals surface area contributed by atoms with Crippen LogP contribution in [0, 0.1) is 20.8 Å². The van der Waals surface area contributed by atoms with Crippen molar-refractivity contribution in [1.29, 1.82) is 0 Å². The molecule has 0 saturated carbocycles. The zero-order valence-corrected chi connectivity index (χ0v) is 26.8. The van der Waals surface area contributed by atoms with Crippen molar-refractivity contribution in [2.24, 2.45) is 0 Å². The van der Waals surface area contributed by atoms with Gasteiger partial charge in [-0.3, -0.25) is 13.9 Å². The molecule has 2 amide bonds. The van der Waals surface area contributed by atoms with Gasteiger partial charge in [-0.25, -0.2) is 8.42 Å². The van der Waals surface area contributed by atoms with E-state index in [1.54, 1.807) is 4.90 Å². The number of hydrogen-bond donors (Lipinski definition) is 1. The average molecular weight is 592 g/mol. The summed E-state index contributed by atoms with van der Waals surface area (Å²) >= 11 is 0. The van der Waals surface area contributed by atoms with E-state index < -0.39 is 21.6 Å². The number of anilines is 1. The Kier molecular flexibility index (Phi) is 11.0. The number of rotatable bonds is 12. The third-order valence-electron chi connectivity index (χ3n) is 6.85. The van der Waals surface area contributed by atoms with Crippen molar-refractivity contribution in [3.8, 4) is 0 Å². The van der Waals surface area contributed by atoms with Crippen LogP contribution < -0.4 is 9.62 Å². The summed E-state index contributed by atoms with van der Waals surface area (Å²) in [4.78, 5) is 29.4. The minimum absolute atomic E-state index is 0.0940. The van der Waals surface area contributed by atoms with E-state index in [4.69, 9.17) is 0 Å². The Morgan fingerprint density at radius 1 is 0.833 bits per heavy atom. The predicted octanol–water partition coefficient (Wildman–Crippen LogP) is 5.71. The first-order chi connectivity index (χ1) is 19.6. The van der Waals surface area contributed by atoms with Crippen molar-refractivity contribution in [2.45, 2.75) is 78.9 Å². The molecule has 3 aromatic carbocycles. The molecule has 7 nitrogen and oxygen atoms in total. The predicted molar refractivity (Wildman–Crippen MR) is 171 cm³/mol. The molecule has 0 unspecified atom stereocenters. The van der Waals surface area contributed by atoms with Crippen molar-refractivity contribution >= 4 is 27.5 Å². The van der Waals surface area contributed by atoms with Gasteiger partial charge in [0.1, 0.15) is 6.04 Å². The summed E-state index contributed by atoms with van der Waals surface area (Å²) in [6.07, 6.45) is 1.94. The third kappa shape index (κ3) is 10.0. The van der Waals surface area contributed by atoms with Crippen LogP contribution in [0.15, 0.2) is 72.8 Å². The van der Waals surface area contributed by atoms with Crippen LogP contribution in [0.3, 0.4) is 0 Å². The Bertz CT molecular complexity index is 1460. The minimum Gasteiger partial charge on any atom is -0.350 e. The van der Waals surface area contributed by atoms with E-state index in [9.17, 15) is 18.0 Å². The van der Waals surface area contributed by atoms with Crippen LogP contribution in [0.2, 0.25) is 0 Å². The quantitative estimate of drug-likeness (QED) is 0.292. The molecular weight excluding hydrogens is 546 g/mol. The maximum Gasteiger partial charge on any atom is 0.243 e. The van der Waals surface area contributed by atoms with Crippen LogP contribution >= 0.6 is 0 Å². The third-order valence-corrected chi connectivity index (χ3v) is 8.05. The van der Waals surface area contributed by atoms with Crippen LogP contribution in [0.1, 0.15) is 61.4 Å². The lowest BCUT2D eigenvalue weighted by molar-refractivity contribution is -0.142. The van der Waals surface area contributed by atoms with E-state index in [0.29, 0.717) is 18.5 Å². The summed E-state index contributed by atoms with van der Waals surface area (Å²) in [7, 11) is -3.57. The van der Waals surface area contributed by atoms with Crippen LogP contribution in [0.25, 0.3) is 0 Å². The molecule has 0 aliphatic carbocycles. The van der Waals surface area contributed by atoms with E-state index in [1.165, 1.54) is 10.6 Å². The van der Waals surface area contributed by atoms with Gasteiger partial charge in [-0.1, -0.05) is 66.2 Å². The highest BCUT2D eigenvalue weighted by Crippen LogP contribution is 2.23. The topological polar surface area (TPSA) is 86.8 Å². The molecule has 0 aliphatic heterocycles. The molecule has 0 aromatic heterocycles. The number of sulfonamides is 1. The normalized spacial score (nSPS) is 12.5. The molecule has 0 spiro atoms. The molecule has 0 bridgehead atoms. The molecule has 0 fully saturated rings. The zero-order valence-electron chi connectivity index (χ0n) is 26.0. The van der Waals surface area contributed by atoms with Gasteiger partial charge >= 0.3 is 0 Å². The molecule has 3 aromatic rings. The number of nitrogens with zero attached hydrogens (tertiary/aromatic N) is 2. The number of carbonyl (C=O) groups excluding carboxylic acids is 2. The van der Waals surface area contributed by atoms with Gasteiger partial charge in [0.05, 0.1) is 11.9 Å². The maximum atomic E-state index is 14.0. The molecule has 1 atom stereocenters. The molecule has 226 valence electrons. The molecule has 0 heterocycles. The lowest BCUT2D eigenvalue weighted by Gasteiger charge is -2.34. The van der Waals surface area contributed by atoms with Crippen molar-refractivity contribution in [1.82, 2.24) is 10.2 Å². The van der Waals surface area contributed by atoms with Crippen molar-refractivity contribution in [2.75, 3.05) is 17.1 Å². The number of hydrogen-bond acceptors (Lipinski definition) is 4. The highest BCUT2D eigenvalue weighted by Gasteiger charge is 2.32. The van der Waals surface area contributed by atoms with Gasteiger partial charge in [0.15, 0.2) is 0 Å². The molecule has 0 saturated heterocycles. The van der Waals surface area contributed by atoms with Crippen LogP contribution in [-0.4, -0.2) is 49.5 Å². The van der Waals surface area contributed by atoms with Gasteiger partial charge in [0.25, 0.3) is 0 Å². The van der Waals surface area contributed by atoms with E-state index >= 15 is 0 Å². The van der Waals surface area contributed by atoms with Crippen LogP contribution in [0.5, 0.6) is 0 Å². The summed E-state index contributed by atoms with van der Waals surface area (Å²) in [5, 5.41) is 3.08. The summed E-state index contributed by atoms with van der Waals surface area (Å²) in [6, 6.07) is 22.5. The molecule has 8 heteroatoms. The Morgan fingerprint density at radius 2 is 1.45 bits per heavy atom. The summed E-state index contributed by atoms with van der Waals surface area (Å²) in [5.41, 5.74) is 4.98. The van der Waals surface area contributed by atoms with Gasteiger partial charge in [-0.15, -0.1) is 0 Å². The van der Waals surface area contributed by atoms with Crippen LogP contribution in [0.4, 0.5) is 5.69 Å². The number of benzene rings is 3. The smallest absolute Gasteiger partial charge is 0.243 e. The lowest BCUT2D eigenvalue weighted by Crippen LogP contribution is -2.54. The monoisotopic (exact) mass is 591 g/mol. The second-order valence-electron chi connectivity index (χ2n) is 12.2. The highest BCUT2D eigenvalue weighted by molar-refractivity contribution is 7.92. The van der Waals surface area contributed by atoms with Crippen molar-refractivity contribution < 1.29 is 18.0 Å². The zero-order chi connectivity index (χ0) is 31.1. The maximum absolute atomic E-state index is 14.0. The molecule has 3 rings (SSSR count). The van der Waals surface area contributed by atoms with E-state index in [2.05, 4.69) is 5.32 Å².